The first-order valence-corrected chi connectivity index (χ1v) is 8.48. The highest BCUT2D eigenvalue weighted by Crippen LogP contribution is 2.21. The molecule has 1 heterocycles. The molecule has 26 heavy (non-hydrogen) atoms. The third-order valence-electron chi connectivity index (χ3n) is 3.84. The van der Waals surface area contributed by atoms with Crippen LogP contribution in [0, 0.1) is 6.92 Å². The van der Waals surface area contributed by atoms with Gasteiger partial charge in [0.15, 0.2) is 0 Å². The van der Waals surface area contributed by atoms with Crippen molar-refractivity contribution in [2.24, 2.45) is 0 Å². The predicted octanol–water partition coefficient (Wildman–Crippen LogP) is 4.78. The van der Waals surface area contributed by atoms with Gasteiger partial charge < -0.3 is 15.4 Å². The van der Waals surface area contributed by atoms with Crippen LogP contribution in [-0.4, -0.2) is 17.5 Å². The van der Waals surface area contributed by atoms with E-state index in [9.17, 15) is 4.79 Å². The molecule has 0 unspecified atom stereocenters. The van der Waals surface area contributed by atoms with E-state index in [1.54, 1.807) is 12.3 Å². The molecule has 0 fully saturated rings. The summed E-state index contributed by atoms with van der Waals surface area (Å²) in [6, 6.07) is 18.9. The molecule has 2 aromatic carbocycles. The topological polar surface area (TPSA) is 63.2 Å². The Morgan fingerprint density at radius 3 is 2.54 bits per heavy atom. The van der Waals surface area contributed by atoms with Gasteiger partial charge in [0.1, 0.15) is 11.4 Å². The minimum absolute atomic E-state index is 0.241. The number of hydrogen-bond acceptors (Lipinski definition) is 4. The molecule has 0 aliphatic carbocycles. The average Bonchev–Trinajstić information content (AvgIpc) is 2.66. The number of benzene rings is 2. The summed E-state index contributed by atoms with van der Waals surface area (Å²) >= 11 is 0. The maximum absolute atomic E-state index is 12.5. The number of anilines is 3. The van der Waals surface area contributed by atoms with Crippen molar-refractivity contribution in [3.63, 3.8) is 0 Å². The molecule has 0 bridgehead atoms. The van der Waals surface area contributed by atoms with Crippen molar-refractivity contribution in [1.29, 1.82) is 0 Å². The van der Waals surface area contributed by atoms with Gasteiger partial charge in [0.05, 0.1) is 6.61 Å². The zero-order valence-electron chi connectivity index (χ0n) is 14.8. The quantitative estimate of drug-likeness (QED) is 0.673. The van der Waals surface area contributed by atoms with Gasteiger partial charge >= 0.3 is 0 Å². The summed E-state index contributed by atoms with van der Waals surface area (Å²) in [5.41, 5.74) is 3.84. The molecule has 1 amide bonds. The molecule has 132 valence electrons. The van der Waals surface area contributed by atoms with Crippen LogP contribution < -0.4 is 15.4 Å². The van der Waals surface area contributed by atoms with Crippen molar-refractivity contribution in [3.05, 3.63) is 78.1 Å². The number of aryl methyl sites for hydroxylation is 1. The summed E-state index contributed by atoms with van der Waals surface area (Å²) in [6.45, 7) is 4.54. The van der Waals surface area contributed by atoms with Crippen molar-refractivity contribution in [2.45, 2.75) is 13.8 Å². The Bertz CT molecular complexity index is 892. The van der Waals surface area contributed by atoms with E-state index in [-0.39, 0.29) is 5.91 Å². The normalized spacial score (nSPS) is 10.2. The van der Waals surface area contributed by atoms with E-state index in [0.29, 0.717) is 12.3 Å². The summed E-state index contributed by atoms with van der Waals surface area (Å²) in [7, 11) is 0. The standard InChI is InChI=1S/C21H21N3O2/c1-3-26-18-10-8-16(9-11-18)23-17-12-13-22-20(14-17)21(25)24-19-7-5-4-6-15(19)2/h4-14H,3H2,1-2H3,(H,22,23)(H,24,25). The molecule has 1 aromatic heterocycles. The van der Waals surface area contributed by atoms with Crippen LogP contribution in [0.2, 0.25) is 0 Å². The highest BCUT2D eigenvalue weighted by atomic mass is 16.5. The minimum atomic E-state index is -0.241. The summed E-state index contributed by atoms with van der Waals surface area (Å²) in [5, 5.41) is 6.16. The summed E-state index contributed by atoms with van der Waals surface area (Å²) in [5.74, 6) is 0.584. The molecular weight excluding hydrogens is 326 g/mol. The fraction of sp³-hybridized carbons (Fsp3) is 0.143. The Morgan fingerprint density at radius 2 is 1.81 bits per heavy atom. The van der Waals surface area contributed by atoms with E-state index in [1.807, 2.05) is 68.4 Å². The molecule has 0 aliphatic heterocycles. The molecule has 0 radical (unpaired) electrons. The molecule has 0 aliphatic rings. The Balaban J connectivity index is 1.71. The first-order valence-electron chi connectivity index (χ1n) is 8.48. The lowest BCUT2D eigenvalue weighted by molar-refractivity contribution is 0.102. The lowest BCUT2D eigenvalue weighted by Crippen LogP contribution is -2.14. The second kappa shape index (κ2) is 8.16. The van der Waals surface area contributed by atoms with E-state index >= 15 is 0 Å². The Hall–Kier alpha value is -3.34. The number of aromatic nitrogens is 1. The third-order valence-corrected chi connectivity index (χ3v) is 3.84. The van der Waals surface area contributed by atoms with Gasteiger partial charge in [0.2, 0.25) is 0 Å². The van der Waals surface area contributed by atoms with E-state index in [1.165, 1.54) is 0 Å². The monoisotopic (exact) mass is 347 g/mol. The summed E-state index contributed by atoms with van der Waals surface area (Å²) in [6.07, 6.45) is 1.61. The molecular formula is C21H21N3O2. The highest BCUT2D eigenvalue weighted by molar-refractivity contribution is 6.03. The number of carbonyl (C=O) groups excluding carboxylic acids is 1. The van der Waals surface area contributed by atoms with Gasteiger partial charge in [-0.2, -0.15) is 0 Å². The van der Waals surface area contributed by atoms with Crippen LogP contribution in [0.1, 0.15) is 23.0 Å². The lowest BCUT2D eigenvalue weighted by atomic mass is 10.2. The zero-order valence-corrected chi connectivity index (χ0v) is 14.8. The number of amides is 1. The molecule has 0 saturated heterocycles. The number of nitrogens with one attached hydrogen (secondary N) is 2. The van der Waals surface area contributed by atoms with Crippen LogP contribution in [0.4, 0.5) is 17.1 Å². The predicted molar refractivity (Wildman–Crippen MR) is 104 cm³/mol. The number of carbonyl (C=O) groups is 1. The van der Waals surface area contributed by atoms with E-state index in [0.717, 1.165) is 28.4 Å². The molecule has 0 atom stereocenters. The molecule has 5 heteroatoms. The van der Waals surface area contributed by atoms with Gasteiger partial charge in [-0.05, 0) is 61.9 Å². The fourth-order valence-electron chi connectivity index (χ4n) is 2.50. The minimum Gasteiger partial charge on any atom is -0.494 e. The summed E-state index contributed by atoms with van der Waals surface area (Å²) in [4.78, 5) is 16.6. The van der Waals surface area contributed by atoms with Gasteiger partial charge in [-0.15, -0.1) is 0 Å². The number of para-hydroxylation sites is 1. The summed E-state index contributed by atoms with van der Waals surface area (Å²) < 4.78 is 5.44. The smallest absolute Gasteiger partial charge is 0.274 e. The molecule has 3 rings (SSSR count). The van der Waals surface area contributed by atoms with E-state index < -0.39 is 0 Å². The van der Waals surface area contributed by atoms with Crippen molar-refractivity contribution in [3.8, 4) is 5.75 Å². The van der Waals surface area contributed by atoms with Crippen LogP contribution in [0.3, 0.4) is 0 Å². The zero-order chi connectivity index (χ0) is 18.4. The Morgan fingerprint density at radius 1 is 1.04 bits per heavy atom. The maximum Gasteiger partial charge on any atom is 0.274 e. The van der Waals surface area contributed by atoms with Crippen molar-refractivity contribution in [2.75, 3.05) is 17.2 Å². The molecule has 0 saturated carbocycles. The van der Waals surface area contributed by atoms with Crippen LogP contribution >= 0.6 is 0 Å². The van der Waals surface area contributed by atoms with Crippen molar-refractivity contribution >= 4 is 23.0 Å². The first kappa shape index (κ1) is 17.5. The van der Waals surface area contributed by atoms with E-state index in [2.05, 4.69) is 15.6 Å². The number of pyridine rings is 1. The van der Waals surface area contributed by atoms with Crippen LogP contribution in [0.25, 0.3) is 0 Å². The lowest BCUT2D eigenvalue weighted by Gasteiger charge is -2.10. The van der Waals surface area contributed by atoms with Crippen molar-refractivity contribution < 1.29 is 9.53 Å². The number of nitrogens with zero attached hydrogens (tertiary/aromatic N) is 1. The second-order valence-corrected chi connectivity index (χ2v) is 5.78. The largest absolute Gasteiger partial charge is 0.494 e. The van der Waals surface area contributed by atoms with Gasteiger partial charge in [-0.3, -0.25) is 9.78 Å². The average molecular weight is 347 g/mol. The molecule has 0 spiro atoms. The molecule has 5 nitrogen and oxygen atoms in total. The number of rotatable bonds is 6. The fourth-order valence-corrected chi connectivity index (χ4v) is 2.50. The highest BCUT2D eigenvalue weighted by Gasteiger charge is 2.10. The molecule has 3 aromatic rings. The van der Waals surface area contributed by atoms with Crippen LogP contribution in [0.15, 0.2) is 66.9 Å². The maximum atomic E-state index is 12.5. The van der Waals surface area contributed by atoms with Gasteiger partial charge in [0, 0.05) is 23.3 Å². The second-order valence-electron chi connectivity index (χ2n) is 5.78. The first-order chi connectivity index (χ1) is 12.7. The number of hydrogen-bond donors (Lipinski definition) is 2. The molecule has 2 N–H and O–H groups in total. The van der Waals surface area contributed by atoms with Gasteiger partial charge in [-0.1, -0.05) is 18.2 Å². The van der Waals surface area contributed by atoms with Crippen LogP contribution in [0.5, 0.6) is 5.75 Å². The van der Waals surface area contributed by atoms with Crippen molar-refractivity contribution in [1.82, 2.24) is 4.98 Å². The van der Waals surface area contributed by atoms with Gasteiger partial charge in [-0.25, -0.2) is 0 Å². The Labute approximate surface area is 153 Å². The van der Waals surface area contributed by atoms with Crippen LogP contribution in [-0.2, 0) is 0 Å². The third kappa shape index (κ3) is 4.39. The van der Waals surface area contributed by atoms with Gasteiger partial charge in [0.25, 0.3) is 5.91 Å². The number of ether oxygens (including phenoxy) is 1. The Kier molecular flexibility index (Phi) is 5.49. The SMILES string of the molecule is CCOc1ccc(Nc2ccnc(C(=O)Nc3ccccc3C)c2)cc1. The van der Waals surface area contributed by atoms with E-state index in [4.69, 9.17) is 4.74 Å².